The van der Waals surface area contributed by atoms with Crippen LogP contribution in [0, 0.1) is 6.92 Å². The lowest BCUT2D eigenvalue weighted by Gasteiger charge is -1.99. The zero-order valence-corrected chi connectivity index (χ0v) is 12.3. The Hall–Kier alpha value is -2.14. The van der Waals surface area contributed by atoms with E-state index in [2.05, 4.69) is 26.1 Å². The van der Waals surface area contributed by atoms with Gasteiger partial charge in [-0.05, 0) is 48.9 Å². The van der Waals surface area contributed by atoms with E-state index in [1.807, 2.05) is 25.1 Å². The second-order valence-corrected chi connectivity index (χ2v) is 5.29. The Morgan fingerprint density at radius 3 is 2.45 bits per heavy atom. The van der Waals surface area contributed by atoms with Gasteiger partial charge < -0.3 is 9.63 Å². The zero-order valence-electron chi connectivity index (χ0n) is 10.7. The van der Waals surface area contributed by atoms with Crippen molar-refractivity contribution in [3.05, 3.63) is 52.5 Å². The van der Waals surface area contributed by atoms with Crippen LogP contribution in [-0.2, 0) is 0 Å². The highest BCUT2D eigenvalue weighted by Gasteiger charge is 2.11. The SMILES string of the molecule is Cc1ccc(-c2nc(-c3ccc(O)cc3)no2)cc1Br. The van der Waals surface area contributed by atoms with Gasteiger partial charge in [0.05, 0.1) is 0 Å². The first-order chi connectivity index (χ1) is 9.63. The first kappa shape index (κ1) is 12.9. The van der Waals surface area contributed by atoms with E-state index in [1.165, 1.54) is 0 Å². The minimum Gasteiger partial charge on any atom is -0.508 e. The van der Waals surface area contributed by atoms with Crippen molar-refractivity contribution < 1.29 is 9.63 Å². The summed E-state index contributed by atoms with van der Waals surface area (Å²) in [7, 11) is 0. The summed E-state index contributed by atoms with van der Waals surface area (Å²) in [5.41, 5.74) is 2.80. The number of rotatable bonds is 2. The molecule has 0 fully saturated rings. The molecule has 0 amide bonds. The maximum absolute atomic E-state index is 9.27. The summed E-state index contributed by atoms with van der Waals surface area (Å²) in [6, 6.07) is 12.5. The fourth-order valence-corrected chi connectivity index (χ4v) is 2.17. The predicted octanol–water partition coefficient (Wildman–Crippen LogP) is 4.18. The molecule has 0 radical (unpaired) electrons. The Morgan fingerprint density at radius 2 is 1.75 bits per heavy atom. The number of aromatic nitrogens is 2. The summed E-state index contributed by atoms with van der Waals surface area (Å²) in [5.74, 6) is 1.17. The van der Waals surface area contributed by atoms with Crippen molar-refractivity contribution >= 4 is 15.9 Å². The van der Waals surface area contributed by atoms with Gasteiger partial charge in [-0.15, -0.1) is 0 Å². The lowest BCUT2D eigenvalue weighted by atomic mass is 10.1. The van der Waals surface area contributed by atoms with Gasteiger partial charge in [0.15, 0.2) is 0 Å². The summed E-state index contributed by atoms with van der Waals surface area (Å²) in [6.45, 7) is 2.02. The molecule has 1 N–H and O–H groups in total. The van der Waals surface area contributed by atoms with Crippen molar-refractivity contribution in [2.75, 3.05) is 0 Å². The fourth-order valence-electron chi connectivity index (χ4n) is 1.79. The van der Waals surface area contributed by atoms with E-state index in [0.29, 0.717) is 11.7 Å². The molecule has 0 atom stereocenters. The third-order valence-electron chi connectivity index (χ3n) is 2.97. The Bertz CT molecular complexity index is 751. The van der Waals surface area contributed by atoms with Gasteiger partial charge in [-0.2, -0.15) is 4.98 Å². The number of aryl methyl sites for hydroxylation is 1. The number of aromatic hydroxyl groups is 1. The highest BCUT2D eigenvalue weighted by molar-refractivity contribution is 9.10. The smallest absolute Gasteiger partial charge is 0.258 e. The molecule has 2 aromatic carbocycles. The number of benzene rings is 2. The van der Waals surface area contributed by atoms with Crippen LogP contribution in [0.15, 0.2) is 51.5 Å². The molecule has 3 aromatic rings. The van der Waals surface area contributed by atoms with Crippen LogP contribution in [0.4, 0.5) is 0 Å². The number of phenols is 1. The Morgan fingerprint density at radius 1 is 1.05 bits per heavy atom. The number of phenolic OH excluding ortho intramolecular Hbond substituents is 1. The topological polar surface area (TPSA) is 59.2 Å². The molecule has 20 heavy (non-hydrogen) atoms. The monoisotopic (exact) mass is 330 g/mol. The predicted molar refractivity (Wildman–Crippen MR) is 79.3 cm³/mol. The van der Waals surface area contributed by atoms with Gasteiger partial charge in [-0.3, -0.25) is 0 Å². The van der Waals surface area contributed by atoms with E-state index < -0.39 is 0 Å². The van der Waals surface area contributed by atoms with Crippen molar-refractivity contribution in [3.63, 3.8) is 0 Å². The molecule has 0 saturated carbocycles. The van der Waals surface area contributed by atoms with Crippen LogP contribution in [0.5, 0.6) is 5.75 Å². The molecule has 0 saturated heterocycles. The average molecular weight is 331 g/mol. The minimum atomic E-state index is 0.208. The molecule has 0 bridgehead atoms. The van der Waals surface area contributed by atoms with Gasteiger partial charge in [0.25, 0.3) is 5.89 Å². The summed E-state index contributed by atoms with van der Waals surface area (Å²) < 4.78 is 6.29. The van der Waals surface area contributed by atoms with E-state index in [1.54, 1.807) is 24.3 Å². The first-order valence-electron chi connectivity index (χ1n) is 6.03. The van der Waals surface area contributed by atoms with Gasteiger partial charge >= 0.3 is 0 Å². The summed E-state index contributed by atoms with van der Waals surface area (Å²) >= 11 is 3.49. The Balaban J connectivity index is 1.97. The quantitative estimate of drug-likeness (QED) is 0.765. The average Bonchev–Trinajstić information content (AvgIpc) is 2.92. The zero-order chi connectivity index (χ0) is 14.1. The van der Waals surface area contributed by atoms with Gasteiger partial charge in [0.1, 0.15) is 5.75 Å². The molecule has 0 unspecified atom stereocenters. The Kier molecular flexibility index (Phi) is 3.28. The molecule has 1 aromatic heterocycles. The van der Waals surface area contributed by atoms with Crippen LogP contribution in [-0.4, -0.2) is 15.2 Å². The van der Waals surface area contributed by atoms with E-state index in [0.717, 1.165) is 21.2 Å². The molecule has 5 heteroatoms. The minimum absolute atomic E-state index is 0.208. The molecular formula is C15H11BrN2O2. The van der Waals surface area contributed by atoms with Gasteiger partial charge in [-0.25, -0.2) is 0 Å². The highest BCUT2D eigenvalue weighted by Crippen LogP contribution is 2.26. The molecule has 100 valence electrons. The van der Waals surface area contributed by atoms with Crippen molar-refractivity contribution in [1.29, 1.82) is 0 Å². The molecule has 4 nitrogen and oxygen atoms in total. The van der Waals surface area contributed by atoms with E-state index in [4.69, 9.17) is 4.52 Å². The third-order valence-corrected chi connectivity index (χ3v) is 3.82. The molecule has 3 rings (SSSR count). The van der Waals surface area contributed by atoms with Crippen LogP contribution in [0.2, 0.25) is 0 Å². The summed E-state index contributed by atoms with van der Waals surface area (Å²) in [5, 5.41) is 13.2. The standard InChI is InChI=1S/C15H11BrN2O2/c1-9-2-3-11(8-13(9)16)15-17-14(18-20-15)10-4-6-12(19)7-5-10/h2-8,19H,1H3. The number of hydrogen-bond acceptors (Lipinski definition) is 4. The van der Waals surface area contributed by atoms with Crippen LogP contribution in [0.3, 0.4) is 0 Å². The second kappa shape index (κ2) is 5.09. The fraction of sp³-hybridized carbons (Fsp3) is 0.0667. The normalized spacial score (nSPS) is 10.7. The molecule has 1 heterocycles. The lowest BCUT2D eigenvalue weighted by Crippen LogP contribution is -1.82. The number of nitrogens with zero attached hydrogens (tertiary/aromatic N) is 2. The van der Waals surface area contributed by atoms with E-state index in [-0.39, 0.29) is 5.75 Å². The number of halogens is 1. The van der Waals surface area contributed by atoms with Crippen LogP contribution >= 0.6 is 15.9 Å². The van der Waals surface area contributed by atoms with Crippen LogP contribution in [0.25, 0.3) is 22.8 Å². The van der Waals surface area contributed by atoms with E-state index in [9.17, 15) is 5.11 Å². The second-order valence-electron chi connectivity index (χ2n) is 4.43. The van der Waals surface area contributed by atoms with Crippen LogP contribution in [0.1, 0.15) is 5.56 Å². The maximum atomic E-state index is 9.27. The maximum Gasteiger partial charge on any atom is 0.258 e. The first-order valence-corrected chi connectivity index (χ1v) is 6.82. The molecule has 0 aliphatic rings. The van der Waals surface area contributed by atoms with Crippen molar-refractivity contribution in [2.45, 2.75) is 6.92 Å². The van der Waals surface area contributed by atoms with Gasteiger partial charge in [0.2, 0.25) is 5.82 Å². The molecule has 0 aliphatic carbocycles. The van der Waals surface area contributed by atoms with E-state index >= 15 is 0 Å². The van der Waals surface area contributed by atoms with Crippen molar-refractivity contribution in [2.24, 2.45) is 0 Å². The summed E-state index contributed by atoms with van der Waals surface area (Å²) in [4.78, 5) is 4.37. The highest BCUT2D eigenvalue weighted by atomic mass is 79.9. The lowest BCUT2D eigenvalue weighted by molar-refractivity contribution is 0.432. The van der Waals surface area contributed by atoms with Crippen LogP contribution < -0.4 is 0 Å². The Labute approximate surface area is 124 Å². The molecule has 0 aliphatic heterocycles. The van der Waals surface area contributed by atoms with Gasteiger partial charge in [-0.1, -0.05) is 27.2 Å². The molecular weight excluding hydrogens is 320 g/mol. The summed E-state index contributed by atoms with van der Waals surface area (Å²) in [6.07, 6.45) is 0. The molecule has 0 spiro atoms. The third kappa shape index (κ3) is 2.44. The van der Waals surface area contributed by atoms with Gasteiger partial charge in [0, 0.05) is 15.6 Å². The number of hydrogen-bond donors (Lipinski definition) is 1. The van der Waals surface area contributed by atoms with Crippen molar-refractivity contribution in [3.8, 4) is 28.6 Å². The largest absolute Gasteiger partial charge is 0.508 e. The van der Waals surface area contributed by atoms with Crippen molar-refractivity contribution in [1.82, 2.24) is 10.1 Å².